The van der Waals surface area contributed by atoms with Crippen molar-refractivity contribution in [3.63, 3.8) is 0 Å². The lowest BCUT2D eigenvalue weighted by atomic mass is 10.0. The summed E-state index contributed by atoms with van der Waals surface area (Å²) in [7, 11) is 3.33. The van der Waals surface area contributed by atoms with E-state index in [9.17, 15) is 4.79 Å². The van der Waals surface area contributed by atoms with Gasteiger partial charge in [0.05, 0.1) is 12.8 Å². The molecule has 0 saturated heterocycles. The number of hydrogen-bond donors (Lipinski definition) is 0. The first kappa shape index (κ1) is 13.6. The Bertz CT molecular complexity index is 620. The summed E-state index contributed by atoms with van der Waals surface area (Å²) >= 11 is 6.13. The molecule has 0 spiro atoms. The van der Waals surface area contributed by atoms with Gasteiger partial charge >= 0.3 is 0 Å². The van der Waals surface area contributed by atoms with E-state index in [0.717, 1.165) is 11.3 Å². The second-order valence-electron chi connectivity index (χ2n) is 4.31. The Kier molecular flexibility index (Phi) is 3.90. The number of Topliss-reactive ketones (excluding diaryl/α,β-unsaturated/α-hetero) is 1. The van der Waals surface area contributed by atoms with E-state index in [1.54, 1.807) is 43.1 Å². The molecule has 4 nitrogen and oxygen atoms in total. The highest BCUT2D eigenvalue weighted by Crippen LogP contribution is 2.21. The molecule has 1 aromatic heterocycles. The zero-order valence-corrected chi connectivity index (χ0v) is 11.9. The van der Waals surface area contributed by atoms with Crippen molar-refractivity contribution in [3.8, 4) is 5.75 Å². The molecule has 100 valence electrons. The second kappa shape index (κ2) is 5.45. The summed E-state index contributed by atoms with van der Waals surface area (Å²) in [6.45, 7) is 1.85. The fourth-order valence-corrected chi connectivity index (χ4v) is 2.18. The molecule has 0 fully saturated rings. The van der Waals surface area contributed by atoms with E-state index < -0.39 is 0 Å². The molecular weight excluding hydrogens is 264 g/mol. The van der Waals surface area contributed by atoms with Crippen LogP contribution in [-0.4, -0.2) is 22.7 Å². The van der Waals surface area contributed by atoms with Gasteiger partial charge in [-0.05, 0) is 19.1 Å². The van der Waals surface area contributed by atoms with Crippen molar-refractivity contribution in [2.24, 2.45) is 7.05 Å². The van der Waals surface area contributed by atoms with Crippen LogP contribution in [0.15, 0.2) is 24.3 Å². The Labute approximate surface area is 116 Å². The molecule has 1 heterocycles. The quantitative estimate of drug-likeness (QED) is 0.808. The summed E-state index contributed by atoms with van der Waals surface area (Å²) in [4.78, 5) is 12.2. The Morgan fingerprint density at radius 2 is 2.21 bits per heavy atom. The number of carbonyl (C=O) groups is 1. The smallest absolute Gasteiger partial charge is 0.167 e. The van der Waals surface area contributed by atoms with Crippen molar-refractivity contribution in [3.05, 3.63) is 46.2 Å². The van der Waals surface area contributed by atoms with Gasteiger partial charge in [-0.2, -0.15) is 5.10 Å². The van der Waals surface area contributed by atoms with E-state index in [1.165, 1.54) is 0 Å². The number of aromatic nitrogens is 2. The van der Waals surface area contributed by atoms with Crippen molar-refractivity contribution >= 4 is 17.4 Å². The van der Waals surface area contributed by atoms with E-state index in [0.29, 0.717) is 16.5 Å². The lowest BCUT2D eigenvalue weighted by molar-refractivity contribution is 0.0992. The number of methoxy groups -OCH3 is 1. The van der Waals surface area contributed by atoms with Crippen LogP contribution in [0.3, 0.4) is 0 Å². The molecule has 5 heteroatoms. The molecule has 19 heavy (non-hydrogen) atoms. The molecule has 0 atom stereocenters. The standard InChI is InChI=1S/C14H15ClN2O2/c1-9-12(14(15)17(2)16-9)8-13(18)10-5-4-6-11(7-10)19-3/h4-7H,8H2,1-3H3. The van der Waals surface area contributed by atoms with Crippen molar-refractivity contribution in [2.45, 2.75) is 13.3 Å². The number of ether oxygens (including phenoxy) is 1. The number of nitrogens with zero attached hydrogens (tertiary/aromatic N) is 2. The number of benzene rings is 1. The molecule has 0 aliphatic heterocycles. The topological polar surface area (TPSA) is 44.1 Å². The number of aryl methyl sites for hydroxylation is 2. The minimum Gasteiger partial charge on any atom is -0.497 e. The van der Waals surface area contributed by atoms with Crippen molar-refractivity contribution in [1.29, 1.82) is 0 Å². The molecule has 0 N–H and O–H groups in total. The highest BCUT2D eigenvalue weighted by atomic mass is 35.5. The third kappa shape index (κ3) is 2.79. The van der Waals surface area contributed by atoms with Crippen LogP contribution in [0.5, 0.6) is 5.75 Å². The molecule has 0 unspecified atom stereocenters. The maximum absolute atomic E-state index is 12.2. The minimum absolute atomic E-state index is 0.00287. The van der Waals surface area contributed by atoms with Crippen LogP contribution in [0.1, 0.15) is 21.6 Å². The Morgan fingerprint density at radius 3 is 2.79 bits per heavy atom. The maximum atomic E-state index is 12.2. The molecule has 1 aromatic carbocycles. The van der Waals surface area contributed by atoms with Gasteiger partial charge in [-0.1, -0.05) is 23.7 Å². The molecule has 0 amide bonds. The van der Waals surface area contributed by atoms with Crippen molar-refractivity contribution < 1.29 is 9.53 Å². The van der Waals surface area contributed by atoms with Crippen LogP contribution in [-0.2, 0) is 13.5 Å². The number of rotatable bonds is 4. The summed E-state index contributed by atoms with van der Waals surface area (Å²) < 4.78 is 6.69. The fraction of sp³-hybridized carbons (Fsp3) is 0.286. The largest absolute Gasteiger partial charge is 0.497 e. The average molecular weight is 279 g/mol. The van der Waals surface area contributed by atoms with E-state index in [1.807, 2.05) is 6.92 Å². The third-order valence-electron chi connectivity index (χ3n) is 3.00. The molecule has 2 aromatic rings. The van der Waals surface area contributed by atoms with Crippen LogP contribution in [0, 0.1) is 6.92 Å². The Balaban J connectivity index is 2.25. The van der Waals surface area contributed by atoms with Crippen molar-refractivity contribution in [2.75, 3.05) is 7.11 Å². The predicted octanol–water partition coefficient (Wildman–Crippen LogP) is 2.82. The lowest BCUT2D eigenvalue weighted by Crippen LogP contribution is -2.04. The molecular formula is C14H15ClN2O2. The number of hydrogen-bond acceptors (Lipinski definition) is 3. The van der Waals surface area contributed by atoms with Crippen LogP contribution in [0.25, 0.3) is 0 Å². The van der Waals surface area contributed by atoms with Gasteiger partial charge in [0.25, 0.3) is 0 Å². The first-order chi connectivity index (χ1) is 9.02. The zero-order valence-electron chi connectivity index (χ0n) is 11.1. The monoisotopic (exact) mass is 278 g/mol. The van der Waals surface area contributed by atoms with Gasteiger partial charge in [-0.15, -0.1) is 0 Å². The number of ketones is 1. The summed E-state index contributed by atoms with van der Waals surface area (Å²) in [5.74, 6) is 0.664. The van der Waals surface area contributed by atoms with Gasteiger partial charge in [0.1, 0.15) is 10.9 Å². The highest BCUT2D eigenvalue weighted by Gasteiger charge is 2.16. The van der Waals surface area contributed by atoms with Gasteiger partial charge in [-0.3, -0.25) is 9.48 Å². The maximum Gasteiger partial charge on any atom is 0.167 e. The lowest BCUT2D eigenvalue weighted by Gasteiger charge is -2.04. The predicted molar refractivity (Wildman–Crippen MR) is 74.0 cm³/mol. The number of halogens is 1. The minimum atomic E-state index is -0.00287. The fourth-order valence-electron chi connectivity index (χ4n) is 1.93. The van der Waals surface area contributed by atoms with Crippen LogP contribution in [0.2, 0.25) is 5.15 Å². The van der Waals surface area contributed by atoms with Crippen LogP contribution < -0.4 is 4.74 Å². The second-order valence-corrected chi connectivity index (χ2v) is 4.67. The van der Waals surface area contributed by atoms with Crippen molar-refractivity contribution in [1.82, 2.24) is 9.78 Å². The third-order valence-corrected chi connectivity index (χ3v) is 3.47. The SMILES string of the molecule is COc1cccc(C(=O)Cc2c(C)nn(C)c2Cl)c1. The van der Waals surface area contributed by atoms with E-state index in [2.05, 4.69) is 5.10 Å². The van der Waals surface area contributed by atoms with Gasteiger partial charge < -0.3 is 4.74 Å². The van der Waals surface area contributed by atoms with Crippen LogP contribution >= 0.6 is 11.6 Å². The normalized spacial score (nSPS) is 10.5. The summed E-state index contributed by atoms with van der Waals surface area (Å²) in [6.07, 6.45) is 0.242. The van der Waals surface area contributed by atoms with Crippen LogP contribution in [0.4, 0.5) is 0 Å². The van der Waals surface area contributed by atoms with Gasteiger partial charge in [0, 0.05) is 24.6 Å². The first-order valence-corrected chi connectivity index (χ1v) is 6.26. The molecule has 0 aliphatic rings. The Morgan fingerprint density at radius 1 is 1.47 bits per heavy atom. The Hall–Kier alpha value is -1.81. The summed E-state index contributed by atoms with van der Waals surface area (Å²) in [5, 5.41) is 4.71. The highest BCUT2D eigenvalue weighted by molar-refractivity contribution is 6.30. The molecule has 2 rings (SSSR count). The first-order valence-electron chi connectivity index (χ1n) is 5.88. The molecule has 0 bridgehead atoms. The van der Waals surface area contributed by atoms with E-state index in [-0.39, 0.29) is 12.2 Å². The van der Waals surface area contributed by atoms with Gasteiger partial charge in [-0.25, -0.2) is 0 Å². The molecule has 0 aliphatic carbocycles. The van der Waals surface area contributed by atoms with E-state index in [4.69, 9.17) is 16.3 Å². The summed E-state index contributed by atoms with van der Waals surface area (Å²) in [6, 6.07) is 7.09. The van der Waals surface area contributed by atoms with Gasteiger partial charge in [0.15, 0.2) is 5.78 Å². The summed E-state index contributed by atoms with van der Waals surface area (Å²) in [5.41, 5.74) is 2.17. The zero-order chi connectivity index (χ0) is 14.0. The molecule has 0 saturated carbocycles. The van der Waals surface area contributed by atoms with Gasteiger partial charge in [0.2, 0.25) is 0 Å². The van der Waals surface area contributed by atoms with E-state index >= 15 is 0 Å². The number of carbonyl (C=O) groups excluding carboxylic acids is 1. The molecule has 0 radical (unpaired) electrons. The average Bonchev–Trinajstić information content (AvgIpc) is 2.65.